The van der Waals surface area contributed by atoms with Crippen LogP contribution in [0.15, 0.2) is 113 Å². The molecule has 0 aliphatic heterocycles. The second kappa shape index (κ2) is 11.0. The summed E-state index contributed by atoms with van der Waals surface area (Å²) in [7, 11) is 0. The third-order valence-corrected chi connectivity index (χ3v) is 6.55. The number of aliphatic hydroxyl groups is 1. The smallest absolute Gasteiger partial charge is 0.195 e. The van der Waals surface area contributed by atoms with Crippen LogP contribution < -0.4 is 0 Å². The molecule has 0 spiro atoms. The van der Waals surface area contributed by atoms with E-state index in [1.165, 1.54) is 4.90 Å². The van der Waals surface area contributed by atoms with Gasteiger partial charge >= 0.3 is 0 Å². The van der Waals surface area contributed by atoms with E-state index < -0.39 is 6.10 Å². The molecule has 0 unspecified atom stereocenters. The van der Waals surface area contributed by atoms with E-state index >= 15 is 0 Å². The Labute approximate surface area is 193 Å². The van der Waals surface area contributed by atoms with Crippen LogP contribution in [0.2, 0.25) is 0 Å². The highest BCUT2D eigenvalue weighted by molar-refractivity contribution is 7.99. The summed E-state index contributed by atoms with van der Waals surface area (Å²) >= 11 is 1.73. The van der Waals surface area contributed by atoms with Crippen LogP contribution >= 0.6 is 11.8 Å². The molecule has 0 bridgehead atoms. The molecule has 0 amide bonds. The van der Waals surface area contributed by atoms with Crippen LogP contribution in [0.4, 0.5) is 0 Å². The Bertz CT molecular complexity index is 1050. The van der Waals surface area contributed by atoms with Crippen molar-refractivity contribution in [2.24, 2.45) is 5.92 Å². The summed E-state index contributed by atoms with van der Waals surface area (Å²) in [6.45, 7) is 3.93. The lowest BCUT2D eigenvalue weighted by molar-refractivity contribution is 0.128. The molecule has 4 aromatic rings. The van der Waals surface area contributed by atoms with Crippen molar-refractivity contribution >= 4 is 11.8 Å². The molecule has 3 aromatic carbocycles. The molecule has 3 nitrogen and oxygen atoms in total. The Morgan fingerprint density at radius 3 is 2.09 bits per heavy atom. The zero-order valence-corrected chi connectivity index (χ0v) is 18.7. The largest absolute Gasteiger partial charge is 0.440 e. The first-order chi connectivity index (χ1) is 15.7. The van der Waals surface area contributed by atoms with Gasteiger partial charge in [-0.1, -0.05) is 84.9 Å². The van der Waals surface area contributed by atoms with Gasteiger partial charge < -0.3 is 9.52 Å². The number of aryl methyl sites for hydroxylation is 1. The first-order valence-electron chi connectivity index (χ1n) is 10.8. The molecule has 0 fully saturated rings. The van der Waals surface area contributed by atoms with E-state index in [9.17, 15) is 5.11 Å². The van der Waals surface area contributed by atoms with E-state index in [0.29, 0.717) is 18.7 Å². The first kappa shape index (κ1) is 22.1. The van der Waals surface area contributed by atoms with Gasteiger partial charge in [0.25, 0.3) is 0 Å². The van der Waals surface area contributed by atoms with Gasteiger partial charge in [-0.3, -0.25) is 0 Å². The molecule has 4 rings (SSSR count). The minimum atomic E-state index is -0.504. The quantitative estimate of drug-likeness (QED) is 0.215. The first-order valence-corrected chi connectivity index (χ1v) is 11.8. The predicted octanol–water partition coefficient (Wildman–Crippen LogP) is 6.90. The van der Waals surface area contributed by atoms with E-state index in [0.717, 1.165) is 28.3 Å². The average Bonchev–Trinajstić information content (AvgIpc) is 3.29. The molecule has 0 saturated heterocycles. The lowest BCUT2D eigenvalue weighted by Crippen LogP contribution is -2.21. The Kier molecular flexibility index (Phi) is 7.59. The molecule has 0 saturated carbocycles. The summed E-state index contributed by atoms with van der Waals surface area (Å²) in [4.78, 5) is 5.99. The molecule has 0 aliphatic rings. The van der Waals surface area contributed by atoms with Crippen LogP contribution in [0.1, 0.15) is 12.3 Å². The van der Waals surface area contributed by atoms with Crippen molar-refractivity contribution in [2.45, 2.75) is 23.8 Å². The highest BCUT2D eigenvalue weighted by Crippen LogP contribution is 2.33. The van der Waals surface area contributed by atoms with Gasteiger partial charge in [0.1, 0.15) is 5.69 Å². The topological polar surface area (TPSA) is 46.3 Å². The summed E-state index contributed by atoms with van der Waals surface area (Å²) in [6, 6.07) is 30.3. The molecular formula is C28H27NO2S. The minimum absolute atomic E-state index is 0.00245. The van der Waals surface area contributed by atoms with Crippen LogP contribution in [0.25, 0.3) is 22.6 Å². The molecule has 2 atom stereocenters. The monoisotopic (exact) mass is 441 g/mol. The lowest BCUT2D eigenvalue weighted by Gasteiger charge is -2.18. The van der Waals surface area contributed by atoms with E-state index in [-0.39, 0.29) is 5.92 Å². The van der Waals surface area contributed by atoms with Crippen LogP contribution in [-0.4, -0.2) is 21.9 Å². The van der Waals surface area contributed by atoms with Crippen LogP contribution in [0, 0.1) is 5.92 Å². The Hall–Kier alpha value is -3.08. The molecule has 0 radical (unpaired) electrons. The summed E-state index contributed by atoms with van der Waals surface area (Å²) in [6.07, 6.45) is 2.47. The van der Waals surface area contributed by atoms with Gasteiger partial charge in [0.15, 0.2) is 11.7 Å². The van der Waals surface area contributed by atoms with Crippen molar-refractivity contribution in [1.82, 2.24) is 4.98 Å². The SMILES string of the molecule is C=C[C@@H](CSc1ccccc1)[C@@H](O)CCc1nc(-c2ccccc2)c(-c2ccccc2)o1. The van der Waals surface area contributed by atoms with E-state index in [2.05, 4.69) is 18.7 Å². The second-order valence-electron chi connectivity index (χ2n) is 7.65. The zero-order valence-electron chi connectivity index (χ0n) is 17.9. The van der Waals surface area contributed by atoms with Crippen molar-refractivity contribution in [1.29, 1.82) is 0 Å². The maximum absolute atomic E-state index is 10.8. The second-order valence-corrected chi connectivity index (χ2v) is 8.74. The highest BCUT2D eigenvalue weighted by atomic mass is 32.2. The van der Waals surface area contributed by atoms with Gasteiger partial charge in [0.2, 0.25) is 0 Å². The third-order valence-electron chi connectivity index (χ3n) is 5.39. The van der Waals surface area contributed by atoms with Crippen molar-refractivity contribution in [3.8, 4) is 22.6 Å². The Morgan fingerprint density at radius 1 is 0.875 bits per heavy atom. The molecule has 32 heavy (non-hydrogen) atoms. The van der Waals surface area contributed by atoms with E-state index in [1.54, 1.807) is 11.8 Å². The maximum atomic E-state index is 10.8. The van der Waals surface area contributed by atoms with Gasteiger partial charge in [0, 0.05) is 34.1 Å². The van der Waals surface area contributed by atoms with Gasteiger partial charge in [-0.2, -0.15) is 0 Å². The number of aromatic nitrogens is 1. The van der Waals surface area contributed by atoms with Crippen molar-refractivity contribution in [2.75, 3.05) is 5.75 Å². The van der Waals surface area contributed by atoms with Gasteiger partial charge in [0.05, 0.1) is 6.10 Å². The number of hydrogen-bond donors (Lipinski definition) is 1. The fraction of sp³-hybridized carbons (Fsp3) is 0.179. The van der Waals surface area contributed by atoms with Gasteiger partial charge in [-0.25, -0.2) is 4.98 Å². The summed E-state index contributed by atoms with van der Waals surface area (Å²) < 4.78 is 6.20. The van der Waals surface area contributed by atoms with E-state index in [4.69, 9.17) is 9.40 Å². The highest BCUT2D eigenvalue weighted by Gasteiger charge is 2.20. The molecular weight excluding hydrogens is 414 g/mol. The number of thioether (sulfide) groups is 1. The van der Waals surface area contributed by atoms with Crippen LogP contribution in [-0.2, 0) is 6.42 Å². The zero-order chi connectivity index (χ0) is 22.2. The standard InChI is InChI=1S/C28H27NO2S/c1-2-21(20-32-24-16-10-5-11-17-24)25(30)18-19-26-29-27(22-12-6-3-7-13-22)28(31-26)23-14-8-4-9-15-23/h2-17,21,25,30H,1,18-20H2/t21-,25-/m0/s1. The summed E-state index contributed by atoms with van der Waals surface area (Å²) in [5.41, 5.74) is 2.85. The van der Waals surface area contributed by atoms with Gasteiger partial charge in [-0.15, -0.1) is 18.3 Å². The summed E-state index contributed by atoms with van der Waals surface area (Å²) in [5, 5.41) is 10.8. The number of rotatable bonds is 10. The fourth-order valence-corrected chi connectivity index (χ4v) is 4.67. The molecule has 1 heterocycles. The molecule has 4 heteroatoms. The van der Waals surface area contributed by atoms with Crippen molar-refractivity contribution in [3.05, 3.63) is 110 Å². The number of nitrogens with zero attached hydrogens (tertiary/aromatic N) is 1. The minimum Gasteiger partial charge on any atom is -0.440 e. The number of oxazole rings is 1. The number of aliphatic hydroxyl groups excluding tert-OH is 1. The number of hydrogen-bond acceptors (Lipinski definition) is 4. The molecule has 1 aromatic heterocycles. The normalized spacial score (nSPS) is 12.9. The average molecular weight is 442 g/mol. The Balaban J connectivity index is 1.46. The fourth-order valence-electron chi connectivity index (χ4n) is 3.58. The van der Waals surface area contributed by atoms with Crippen LogP contribution in [0.5, 0.6) is 0 Å². The third kappa shape index (κ3) is 5.58. The molecule has 162 valence electrons. The Morgan fingerprint density at radius 2 is 1.47 bits per heavy atom. The summed E-state index contributed by atoms with van der Waals surface area (Å²) in [5.74, 6) is 2.18. The van der Waals surface area contributed by atoms with Crippen LogP contribution in [0.3, 0.4) is 0 Å². The van der Waals surface area contributed by atoms with Crippen molar-refractivity contribution in [3.63, 3.8) is 0 Å². The number of benzene rings is 3. The lowest BCUT2D eigenvalue weighted by atomic mass is 10.0. The van der Waals surface area contributed by atoms with Crippen molar-refractivity contribution < 1.29 is 9.52 Å². The predicted molar refractivity (Wildman–Crippen MR) is 133 cm³/mol. The van der Waals surface area contributed by atoms with E-state index in [1.807, 2.05) is 84.9 Å². The molecule has 0 aliphatic carbocycles. The van der Waals surface area contributed by atoms with Gasteiger partial charge in [-0.05, 0) is 18.6 Å². The maximum Gasteiger partial charge on any atom is 0.195 e. The molecule has 1 N–H and O–H groups in total.